The topological polar surface area (TPSA) is 57.6 Å². The van der Waals surface area contributed by atoms with Crippen molar-refractivity contribution in [3.8, 4) is 0 Å². The van der Waals surface area contributed by atoms with Crippen LogP contribution in [-0.4, -0.2) is 28.4 Å². The zero-order valence-electron chi connectivity index (χ0n) is 19.1. The van der Waals surface area contributed by atoms with E-state index in [2.05, 4.69) is 6.92 Å². The van der Waals surface area contributed by atoms with Gasteiger partial charge < -0.3 is 10.0 Å². The first-order valence-corrected chi connectivity index (χ1v) is 12.2. The van der Waals surface area contributed by atoms with Crippen LogP contribution in [-0.2, 0) is 16.1 Å². The number of hydrogen-bond donors (Lipinski definition) is 1. The number of aliphatic carboxylic acids is 1. The Kier molecular flexibility index (Phi) is 15.7. The van der Waals surface area contributed by atoms with E-state index in [1.165, 1.54) is 70.6 Å². The molecule has 4 heteroatoms. The third-order valence-electron chi connectivity index (χ3n) is 5.66. The molecule has 0 unspecified atom stereocenters. The van der Waals surface area contributed by atoms with Crippen LogP contribution in [0.5, 0.6) is 0 Å². The molecule has 0 aliphatic rings. The second-order valence-electron chi connectivity index (χ2n) is 8.44. The number of amides is 1. The molecule has 0 bridgehead atoms. The fourth-order valence-corrected chi connectivity index (χ4v) is 3.78. The van der Waals surface area contributed by atoms with Gasteiger partial charge in [0.1, 0.15) is 0 Å². The van der Waals surface area contributed by atoms with E-state index in [0.717, 1.165) is 18.4 Å². The molecule has 0 radical (unpaired) electrons. The fourth-order valence-electron chi connectivity index (χ4n) is 3.78. The molecule has 0 aromatic heterocycles. The maximum atomic E-state index is 12.6. The van der Waals surface area contributed by atoms with Gasteiger partial charge in [-0.1, -0.05) is 114 Å². The third kappa shape index (κ3) is 14.2. The van der Waals surface area contributed by atoms with E-state index in [9.17, 15) is 9.59 Å². The highest BCUT2D eigenvalue weighted by molar-refractivity contribution is 5.77. The lowest BCUT2D eigenvalue weighted by molar-refractivity contribution is -0.138. The van der Waals surface area contributed by atoms with Gasteiger partial charge in [0.05, 0.1) is 6.42 Å². The molecule has 0 heterocycles. The van der Waals surface area contributed by atoms with Gasteiger partial charge in [0, 0.05) is 19.5 Å². The SMILES string of the molecule is CCCCCCCCCCCCCCCC(=O)N(CCC(=O)O)Cc1ccccc1. The predicted molar refractivity (Wildman–Crippen MR) is 124 cm³/mol. The largest absolute Gasteiger partial charge is 0.481 e. The average Bonchev–Trinajstić information content (AvgIpc) is 2.74. The van der Waals surface area contributed by atoms with Crippen molar-refractivity contribution in [1.29, 1.82) is 0 Å². The predicted octanol–water partition coefficient (Wildman–Crippen LogP) is 6.97. The van der Waals surface area contributed by atoms with Crippen molar-refractivity contribution < 1.29 is 14.7 Å². The molecule has 30 heavy (non-hydrogen) atoms. The van der Waals surface area contributed by atoms with Crippen LogP contribution in [0, 0.1) is 0 Å². The zero-order valence-corrected chi connectivity index (χ0v) is 19.1. The summed E-state index contributed by atoms with van der Waals surface area (Å²) in [6.45, 7) is 3.03. The van der Waals surface area contributed by atoms with Gasteiger partial charge in [0.2, 0.25) is 5.91 Å². The van der Waals surface area contributed by atoms with Crippen LogP contribution in [0.4, 0.5) is 0 Å². The molecule has 0 saturated heterocycles. The molecule has 0 aliphatic carbocycles. The van der Waals surface area contributed by atoms with Crippen LogP contribution >= 0.6 is 0 Å². The monoisotopic (exact) mass is 417 g/mol. The first kappa shape index (κ1) is 26.2. The summed E-state index contributed by atoms with van der Waals surface area (Å²) in [5.74, 6) is -0.787. The van der Waals surface area contributed by atoms with Crippen molar-refractivity contribution in [2.24, 2.45) is 0 Å². The number of rotatable bonds is 19. The summed E-state index contributed by atoms with van der Waals surface area (Å²) in [5.41, 5.74) is 1.04. The molecule has 1 aromatic rings. The van der Waals surface area contributed by atoms with E-state index < -0.39 is 5.97 Å². The number of carbonyl (C=O) groups excluding carboxylic acids is 1. The van der Waals surface area contributed by atoms with E-state index in [-0.39, 0.29) is 18.9 Å². The molecular weight excluding hydrogens is 374 g/mol. The molecule has 4 nitrogen and oxygen atoms in total. The highest BCUT2D eigenvalue weighted by Crippen LogP contribution is 2.14. The number of hydrogen-bond acceptors (Lipinski definition) is 2. The quantitative estimate of drug-likeness (QED) is 0.247. The summed E-state index contributed by atoms with van der Waals surface area (Å²) >= 11 is 0. The number of benzene rings is 1. The van der Waals surface area contributed by atoms with E-state index in [1.54, 1.807) is 4.90 Å². The van der Waals surface area contributed by atoms with Gasteiger partial charge in [-0.2, -0.15) is 0 Å². The van der Waals surface area contributed by atoms with Gasteiger partial charge in [-0.05, 0) is 12.0 Å². The van der Waals surface area contributed by atoms with Gasteiger partial charge in [0.15, 0.2) is 0 Å². The van der Waals surface area contributed by atoms with E-state index in [1.807, 2.05) is 30.3 Å². The fraction of sp³-hybridized carbons (Fsp3) is 0.692. The van der Waals surface area contributed by atoms with Gasteiger partial charge >= 0.3 is 5.97 Å². The highest BCUT2D eigenvalue weighted by atomic mass is 16.4. The summed E-state index contributed by atoms with van der Waals surface area (Å²) in [5, 5.41) is 8.97. The van der Waals surface area contributed by atoms with Crippen LogP contribution in [0.25, 0.3) is 0 Å². The van der Waals surface area contributed by atoms with Crippen LogP contribution < -0.4 is 0 Å². The zero-order chi connectivity index (χ0) is 21.9. The van der Waals surface area contributed by atoms with Crippen LogP contribution in [0.1, 0.15) is 109 Å². The minimum Gasteiger partial charge on any atom is -0.481 e. The molecule has 0 aliphatic heterocycles. The smallest absolute Gasteiger partial charge is 0.305 e. The Hall–Kier alpha value is -1.84. The van der Waals surface area contributed by atoms with Crippen molar-refractivity contribution in [2.75, 3.05) is 6.54 Å². The molecule has 0 fully saturated rings. The van der Waals surface area contributed by atoms with Crippen molar-refractivity contribution in [3.05, 3.63) is 35.9 Å². The Morgan fingerprint density at radius 1 is 0.733 bits per heavy atom. The van der Waals surface area contributed by atoms with Crippen molar-refractivity contribution in [2.45, 2.75) is 110 Å². The molecule has 0 saturated carbocycles. The lowest BCUT2D eigenvalue weighted by Gasteiger charge is -2.22. The maximum absolute atomic E-state index is 12.6. The summed E-state index contributed by atoms with van der Waals surface area (Å²) in [6.07, 6.45) is 17.2. The number of carboxylic acids is 1. The highest BCUT2D eigenvalue weighted by Gasteiger charge is 2.15. The van der Waals surface area contributed by atoms with E-state index in [4.69, 9.17) is 5.11 Å². The van der Waals surface area contributed by atoms with Gasteiger partial charge in [-0.25, -0.2) is 0 Å². The summed E-state index contributed by atoms with van der Waals surface area (Å²) < 4.78 is 0. The standard InChI is InChI=1S/C26H43NO3/c1-2-3-4-5-6-7-8-9-10-11-12-13-17-20-25(28)27(22-21-26(29)30)23-24-18-15-14-16-19-24/h14-16,18-19H,2-13,17,20-23H2,1H3,(H,29,30). The molecule has 0 spiro atoms. The maximum Gasteiger partial charge on any atom is 0.305 e. The molecule has 1 rings (SSSR count). The minimum atomic E-state index is -0.859. The Morgan fingerprint density at radius 3 is 1.73 bits per heavy atom. The molecule has 170 valence electrons. The lowest BCUT2D eigenvalue weighted by atomic mass is 10.0. The summed E-state index contributed by atoms with van der Waals surface area (Å²) in [7, 11) is 0. The number of carboxylic acid groups (broad SMARTS) is 1. The van der Waals surface area contributed by atoms with Crippen LogP contribution in [0.2, 0.25) is 0 Å². The summed E-state index contributed by atoms with van der Waals surface area (Å²) in [4.78, 5) is 25.2. The number of carbonyl (C=O) groups is 2. The third-order valence-corrected chi connectivity index (χ3v) is 5.66. The second-order valence-corrected chi connectivity index (χ2v) is 8.44. The van der Waals surface area contributed by atoms with Crippen molar-refractivity contribution in [1.82, 2.24) is 4.90 Å². The first-order chi connectivity index (χ1) is 14.6. The Morgan fingerprint density at radius 2 is 1.23 bits per heavy atom. The molecule has 1 amide bonds. The van der Waals surface area contributed by atoms with Crippen molar-refractivity contribution in [3.63, 3.8) is 0 Å². The number of unbranched alkanes of at least 4 members (excludes halogenated alkanes) is 12. The van der Waals surface area contributed by atoms with Gasteiger partial charge in [-0.15, -0.1) is 0 Å². The normalized spacial score (nSPS) is 10.8. The molecular formula is C26H43NO3. The van der Waals surface area contributed by atoms with E-state index >= 15 is 0 Å². The Balaban J connectivity index is 2.11. The van der Waals surface area contributed by atoms with Gasteiger partial charge in [0.25, 0.3) is 0 Å². The second kappa shape index (κ2) is 18.0. The van der Waals surface area contributed by atoms with Crippen LogP contribution in [0.3, 0.4) is 0 Å². The Labute approximate surface area is 184 Å². The molecule has 1 aromatic carbocycles. The Bertz CT molecular complexity index is 559. The van der Waals surface area contributed by atoms with Crippen LogP contribution in [0.15, 0.2) is 30.3 Å². The minimum absolute atomic E-state index is 0.00280. The lowest BCUT2D eigenvalue weighted by Crippen LogP contribution is -2.32. The van der Waals surface area contributed by atoms with Gasteiger partial charge in [-0.3, -0.25) is 9.59 Å². The van der Waals surface area contributed by atoms with Crippen molar-refractivity contribution >= 4 is 11.9 Å². The van der Waals surface area contributed by atoms with E-state index in [0.29, 0.717) is 13.0 Å². The molecule has 0 atom stereocenters. The average molecular weight is 418 g/mol. The molecule has 1 N–H and O–H groups in total. The summed E-state index contributed by atoms with van der Waals surface area (Å²) in [6, 6.07) is 9.79. The number of nitrogens with zero attached hydrogens (tertiary/aromatic N) is 1. The first-order valence-electron chi connectivity index (χ1n) is 12.2.